The Morgan fingerprint density at radius 1 is 1.36 bits per heavy atom. The van der Waals surface area contributed by atoms with Crippen LogP contribution in [0.5, 0.6) is 0 Å². The first kappa shape index (κ1) is 17.5. The summed E-state index contributed by atoms with van der Waals surface area (Å²) in [5.41, 5.74) is 1.55. The fourth-order valence-corrected chi connectivity index (χ4v) is 7.50. The van der Waals surface area contributed by atoms with Crippen molar-refractivity contribution < 1.29 is 14.3 Å². The van der Waals surface area contributed by atoms with Crippen LogP contribution in [0.3, 0.4) is 0 Å². The van der Waals surface area contributed by atoms with E-state index in [4.69, 9.17) is 0 Å². The minimum absolute atomic E-state index is 0.0359. The van der Waals surface area contributed by atoms with E-state index in [1.54, 1.807) is 6.08 Å². The summed E-state index contributed by atoms with van der Waals surface area (Å²) in [7, 11) is 0. The van der Waals surface area contributed by atoms with Crippen LogP contribution < -0.4 is 0 Å². The van der Waals surface area contributed by atoms with Gasteiger partial charge in [-0.3, -0.25) is 4.79 Å². The SMILES string of the molecule is C=C(C)[C@H]1CC[C@H]2[C@@H]3C[C@@H](F)C4=CC(=O)CC[C@]4(C)[C@H]3[C@@H](O)C[C@]12C. The molecule has 0 heterocycles. The number of hydrogen-bond acceptors (Lipinski definition) is 2. The van der Waals surface area contributed by atoms with Gasteiger partial charge in [-0.2, -0.15) is 0 Å². The van der Waals surface area contributed by atoms with Crippen molar-refractivity contribution in [3.05, 3.63) is 23.8 Å². The lowest BCUT2D eigenvalue weighted by atomic mass is 9.45. The van der Waals surface area contributed by atoms with Gasteiger partial charge in [-0.25, -0.2) is 4.39 Å². The summed E-state index contributed by atoms with van der Waals surface area (Å²) in [4.78, 5) is 11.9. The molecule has 4 aliphatic carbocycles. The molecule has 0 aliphatic heterocycles. The van der Waals surface area contributed by atoms with Crippen molar-refractivity contribution >= 4 is 5.78 Å². The topological polar surface area (TPSA) is 37.3 Å². The summed E-state index contributed by atoms with van der Waals surface area (Å²) in [5.74, 6) is 1.23. The van der Waals surface area contributed by atoms with E-state index in [0.717, 1.165) is 19.3 Å². The van der Waals surface area contributed by atoms with Gasteiger partial charge in [0.1, 0.15) is 6.17 Å². The van der Waals surface area contributed by atoms with Gasteiger partial charge in [-0.1, -0.05) is 26.0 Å². The maximum absolute atomic E-state index is 15.2. The van der Waals surface area contributed by atoms with Crippen molar-refractivity contribution in [2.24, 2.45) is 34.5 Å². The number of carbonyl (C=O) groups excluding carboxylic acids is 1. The Morgan fingerprint density at radius 3 is 2.76 bits per heavy atom. The van der Waals surface area contributed by atoms with Crippen LogP contribution in [0.1, 0.15) is 59.3 Å². The Balaban J connectivity index is 1.76. The predicted molar refractivity (Wildman–Crippen MR) is 96.7 cm³/mol. The molecule has 0 unspecified atom stereocenters. The molecule has 3 heteroatoms. The summed E-state index contributed by atoms with van der Waals surface area (Å²) in [6.07, 6.45) is 4.77. The van der Waals surface area contributed by atoms with E-state index in [9.17, 15) is 9.90 Å². The average Bonchev–Trinajstić information content (AvgIpc) is 2.85. The molecule has 0 amide bonds. The lowest BCUT2D eigenvalue weighted by molar-refractivity contribution is -0.138. The van der Waals surface area contributed by atoms with Gasteiger partial charge in [0, 0.05) is 6.42 Å². The van der Waals surface area contributed by atoms with E-state index < -0.39 is 12.3 Å². The highest BCUT2D eigenvalue weighted by atomic mass is 19.1. The first-order valence-corrected chi connectivity index (χ1v) is 9.91. The first-order valence-electron chi connectivity index (χ1n) is 9.91. The molecule has 138 valence electrons. The van der Waals surface area contributed by atoms with Crippen molar-refractivity contribution in [2.45, 2.75) is 71.6 Å². The Bertz CT molecular complexity index is 652. The van der Waals surface area contributed by atoms with Crippen molar-refractivity contribution in [3.8, 4) is 0 Å². The van der Waals surface area contributed by atoms with Crippen LogP contribution in [0.25, 0.3) is 0 Å². The van der Waals surface area contributed by atoms with Crippen LogP contribution in [0.15, 0.2) is 23.8 Å². The van der Waals surface area contributed by atoms with Crippen LogP contribution in [0.2, 0.25) is 0 Å². The number of ketones is 1. The second kappa shape index (κ2) is 5.52. The summed E-state index contributed by atoms with van der Waals surface area (Å²) in [6.45, 7) is 10.7. The highest BCUT2D eigenvalue weighted by molar-refractivity contribution is 5.91. The summed E-state index contributed by atoms with van der Waals surface area (Å²) in [5, 5.41) is 11.2. The zero-order valence-electron chi connectivity index (χ0n) is 15.7. The van der Waals surface area contributed by atoms with Crippen molar-refractivity contribution in [1.29, 1.82) is 0 Å². The van der Waals surface area contributed by atoms with E-state index in [-0.39, 0.29) is 28.4 Å². The molecule has 1 N–H and O–H groups in total. The number of rotatable bonds is 1. The van der Waals surface area contributed by atoms with Gasteiger partial charge in [0.25, 0.3) is 0 Å². The molecule has 2 nitrogen and oxygen atoms in total. The normalized spacial score (nSPS) is 52.0. The third-order valence-electron chi connectivity index (χ3n) is 8.46. The van der Waals surface area contributed by atoms with Crippen molar-refractivity contribution in [3.63, 3.8) is 0 Å². The molecule has 3 saturated carbocycles. The third-order valence-corrected chi connectivity index (χ3v) is 8.46. The minimum atomic E-state index is -1.03. The van der Waals surface area contributed by atoms with Crippen LogP contribution in [0.4, 0.5) is 4.39 Å². The summed E-state index contributed by atoms with van der Waals surface area (Å²) >= 11 is 0. The maximum Gasteiger partial charge on any atom is 0.155 e. The molecular weight excluding hydrogens is 315 g/mol. The van der Waals surface area contributed by atoms with Gasteiger partial charge < -0.3 is 5.11 Å². The number of allylic oxidation sites excluding steroid dienone is 2. The van der Waals surface area contributed by atoms with Crippen LogP contribution in [0, 0.1) is 34.5 Å². The number of aliphatic hydroxyl groups excluding tert-OH is 1. The molecule has 8 atom stereocenters. The van der Waals surface area contributed by atoms with E-state index in [0.29, 0.717) is 36.7 Å². The number of hydrogen-bond donors (Lipinski definition) is 1. The Morgan fingerprint density at radius 2 is 2.08 bits per heavy atom. The summed E-state index contributed by atoms with van der Waals surface area (Å²) < 4.78 is 15.2. The zero-order valence-corrected chi connectivity index (χ0v) is 15.7. The van der Waals surface area contributed by atoms with Gasteiger partial charge in [0.2, 0.25) is 0 Å². The molecule has 25 heavy (non-hydrogen) atoms. The van der Waals surface area contributed by atoms with Crippen LogP contribution in [-0.4, -0.2) is 23.2 Å². The highest BCUT2D eigenvalue weighted by Crippen LogP contribution is 2.67. The fraction of sp³-hybridized carbons (Fsp3) is 0.773. The molecule has 0 radical (unpaired) electrons. The first-order chi connectivity index (χ1) is 11.7. The quantitative estimate of drug-likeness (QED) is 0.703. The third kappa shape index (κ3) is 2.27. The largest absolute Gasteiger partial charge is 0.393 e. The van der Waals surface area contributed by atoms with Gasteiger partial charge in [-0.15, -0.1) is 0 Å². The Labute approximate surface area is 150 Å². The molecule has 0 aromatic rings. The fourth-order valence-electron chi connectivity index (χ4n) is 7.50. The minimum Gasteiger partial charge on any atom is -0.393 e. The Hall–Kier alpha value is -0.960. The lowest BCUT2D eigenvalue weighted by Gasteiger charge is -2.60. The van der Waals surface area contributed by atoms with Gasteiger partial charge in [0.05, 0.1) is 6.10 Å². The van der Waals surface area contributed by atoms with E-state index in [1.807, 2.05) is 0 Å². The highest BCUT2D eigenvalue weighted by Gasteiger charge is 2.63. The van der Waals surface area contributed by atoms with E-state index in [1.165, 1.54) is 5.57 Å². The Kier molecular flexibility index (Phi) is 3.85. The molecule has 4 rings (SSSR count). The number of aliphatic hydroxyl groups is 1. The summed E-state index contributed by atoms with van der Waals surface area (Å²) in [6, 6.07) is 0. The molecule has 3 fully saturated rings. The van der Waals surface area contributed by atoms with Crippen molar-refractivity contribution in [2.75, 3.05) is 0 Å². The zero-order chi connectivity index (χ0) is 18.1. The monoisotopic (exact) mass is 346 g/mol. The van der Waals surface area contributed by atoms with Gasteiger partial charge in [0.15, 0.2) is 5.78 Å². The molecule has 0 bridgehead atoms. The van der Waals surface area contributed by atoms with E-state index in [2.05, 4.69) is 27.4 Å². The lowest BCUT2D eigenvalue weighted by Crippen LogP contribution is -2.58. The average molecular weight is 346 g/mol. The predicted octanol–water partition coefficient (Wildman–Crippen LogP) is 4.63. The molecular formula is C22H31FO2. The number of halogens is 1. The van der Waals surface area contributed by atoms with Crippen LogP contribution >= 0.6 is 0 Å². The molecule has 0 saturated heterocycles. The van der Waals surface area contributed by atoms with Crippen molar-refractivity contribution in [1.82, 2.24) is 0 Å². The van der Waals surface area contributed by atoms with E-state index >= 15 is 4.39 Å². The maximum atomic E-state index is 15.2. The molecule has 0 aromatic carbocycles. The molecule has 0 spiro atoms. The second-order valence-corrected chi connectivity index (χ2v) is 9.74. The molecule has 0 aromatic heterocycles. The van der Waals surface area contributed by atoms with Gasteiger partial charge in [-0.05, 0) is 85.2 Å². The molecule has 4 aliphatic rings. The number of alkyl halides is 1. The smallest absolute Gasteiger partial charge is 0.155 e. The standard InChI is InChI=1S/C22H31FO2/c1-12(2)15-5-6-16-14-10-18(23)17-9-13(24)7-8-21(17,3)20(14)19(25)11-22(15,16)4/h9,14-16,18-20,25H,1,5-8,10-11H2,2-4H3/t14-,15+,16-,18+,19-,20+,21-,22+/m0/s1. The number of carbonyl (C=O) groups is 1. The second-order valence-electron chi connectivity index (χ2n) is 9.74. The van der Waals surface area contributed by atoms with Gasteiger partial charge >= 0.3 is 0 Å². The van der Waals surface area contributed by atoms with Crippen LogP contribution in [-0.2, 0) is 4.79 Å². The number of fused-ring (bicyclic) bond motifs is 5.